The lowest BCUT2D eigenvalue weighted by molar-refractivity contribution is 0.206. The van der Waals surface area contributed by atoms with Crippen LogP contribution in [0.25, 0.3) is 0 Å². The maximum absolute atomic E-state index is 14.0. The Morgan fingerprint density at radius 2 is 2.00 bits per heavy atom. The Labute approximate surface area is 123 Å². The van der Waals surface area contributed by atoms with Crippen molar-refractivity contribution in [2.24, 2.45) is 0 Å². The maximum Gasteiger partial charge on any atom is 0.127 e. The van der Waals surface area contributed by atoms with Gasteiger partial charge in [0.15, 0.2) is 0 Å². The molecule has 0 atom stereocenters. The van der Waals surface area contributed by atoms with E-state index in [2.05, 4.69) is 31.0 Å². The van der Waals surface area contributed by atoms with Crippen molar-refractivity contribution >= 4 is 0 Å². The molecule has 1 aromatic carbocycles. The smallest absolute Gasteiger partial charge is 0.127 e. The van der Waals surface area contributed by atoms with E-state index in [0.29, 0.717) is 12.6 Å². The van der Waals surface area contributed by atoms with E-state index >= 15 is 0 Å². The molecule has 1 N–H and O–H groups in total. The molecule has 0 bridgehead atoms. The Kier molecular flexibility index (Phi) is 7.78. The Balaban J connectivity index is 2.73. The summed E-state index contributed by atoms with van der Waals surface area (Å²) in [6.45, 7) is 9.10. The third kappa shape index (κ3) is 5.59. The first kappa shape index (κ1) is 17.1. The minimum Gasteiger partial charge on any atom is -0.316 e. The fourth-order valence-corrected chi connectivity index (χ4v) is 2.37. The summed E-state index contributed by atoms with van der Waals surface area (Å²) < 4.78 is 14.0. The van der Waals surface area contributed by atoms with E-state index in [-0.39, 0.29) is 5.82 Å². The van der Waals surface area contributed by atoms with Gasteiger partial charge < -0.3 is 5.32 Å². The first-order valence-electron chi connectivity index (χ1n) is 7.74. The van der Waals surface area contributed by atoms with Crippen molar-refractivity contribution in [3.05, 3.63) is 35.1 Å². The third-order valence-electron chi connectivity index (χ3n) is 3.64. The molecule has 0 spiro atoms. The van der Waals surface area contributed by atoms with E-state index in [9.17, 15) is 4.39 Å². The summed E-state index contributed by atoms with van der Waals surface area (Å²) in [6, 6.07) is 5.87. The Bertz CT molecular complexity index is 391. The van der Waals surface area contributed by atoms with E-state index in [0.717, 1.165) is 24.2 Å². The van der Waals surface area contributed by atoms with Crippen molar-refractivity contribution in [1.82, 2.24) is 10.2 Å². The lowest BCUT2D eigenvalue weighted by Crippen LogP contribution is -2.31. The van der Waals surface area contributed by atoms with Crippen molar-refractivity contribution in [2.45, 2.75) is 59.2 Å². The molecule has 2 nitrogen and oxygen atoms in total. The van der Waals surface area contributed by atoms with Crippen molar-refractivity contribution in [1.29, 1.82) is 0 Å². The largest absolute Gasteiger partial charge is 0.316 e. The summed E-state index contributed by atoms with van der Waals surface area (Å²) in [6.07, 6.45) is 3.65. The summed E-state index contributed by atoms with van der Waals surface area (Å²) in [4.78, 5) is 2.36. The van der Waals surface area contributed by atoms with Gasteiger partial charge in [-0.2, -0.15) is 0 Å². The zero-order valence-corrected chi connectivity index (χ0v) is 13.4. The Hall–Kier alpha value is -0.930. The predicted molar refractivity (Wildman–Crippen MR) is 84.2 cm³/mol. The molecule has 1 rings (SSSR count). The van der Waals surface area contributed by atoms with Gasteiger partial charge in [-0.15, -0.1) is 0 Å². The first-order chi connectivity index (χ1) is 9.58. The van der Waals surface area contributed by atoms with Gasteiger partial charge in [0.2, 0.25) is 0 Å². The zero-order chi connectivity index (χ0) is 15.0. The minimum atomic E-state index is -0.0917. The van der Waals surface area contributed by atoms with Crippen LogP contribution in [0.3, 0.4) is 0 Å². The number of nitrogens with one attached hydrogen (secondary N) is 1. The normalized spacial score (nSPS) is 11.6. The average Bonchev–Trinajstić information content (AvgIpc) is 2.41. The second-order valence-corrected chi connectivity index (χ2v) is 5.73. The van der Waals surface area contributed by atoms with E-state index in [1.807, 2.05) is 19.2 Å². The van der Waals surface area contributed by atoms with E-state index in [1.54, 1.807) is 6.07 Å². The molecule has 3 heteroatoms. The average molecular weight is 280 g/mol. The molecule has 0 aliphatic carbocycles. The molecule has 20 heavy (non-hydrogen) atoms. The molecule has 0 saturated carbocycles. The van der Waals surface area contributed by atoms with Crippen LogP contribution in [0, 0.1) is 5.82 Å². The molecular weight excluding hydrogens is 251 g/mol. The van der Waals surface area contributed by atoms with Crippen molar-refractivity contribution in [3.8, 4) is 0 Å². The maximum atomic E-state index is 14.0. The van der Waals surface area contributed by atoms with Gasteiger partial charge in [-0.05, 0) is 45.5 Å². The number of nitrogens with zero attached hydrogens (tertiary/aromatic N) is 1. The molecule has 114 valence electrons. The SMILES string of the molecule is CCCCCN(Cc1cc(CNC)ccc1F)C(C)C. The fraction of sp³-hybridized carbons (Fsp3) is 0.647. The van der Waals surface area contributed by atoms with Crippen LogP contribution in [0.1, 0.15) is 51.2 Å². The first-order valence-corrected chi connectivity index (χ1v) is 7.74. The van der Waals surface area contributed by atoms with E-state index in [1.165, 1.54) is 19.3 Å². The number of unbranched alkanes of at least 4 members (excludes halogenated alkanes) is 2. The second kappa shape index (κ2) is 9.09. The number of hydrogen-bond acceptors (Lipinski definition) is 2. The van der Waals surface area contributed by atoms with Gasteiger partial charge >= 0.3 is 0 Å². The highest BCUT2D eigenvalue weighted by Gasteiger charge is 2.13. The number of benzene rings is 1. The molecular formula is C17H29FN2. The van der Waals surface area contributed by atoms with Gasteiger partial charge in [0.05, 0.1) is 0 Å². The lowest BCUT2D eigenvalue weighted by atomic mass is 10.1. The van der Waals surface area contributed by atoms with E-state index < -0.39 is 0 Å². The van der Waals surface area contributed by atoms with Crippen LogP contribution < -0.4 is 5.32 Å². The van der Waals surface area contributed by atoms with Gasteiger partial charge in [-0.3, -0.25) is 4.90 Å². The molecule has 0 aliphatic heterocycles. The molecule has 0 aliphatic rings. The summed E-state index contributed by atoms with van der Waals surface area (Å²) in [5.74, 6) is -0.0917. The highest BCUT2D eigenvalue weighted by atomic mass is 19.1. The van der Waals surface area contributed by atoms with Crippen LogP contribution in [0.5, 0.6) is 0 Å². The fourth-order valence-electron chi connectivity index (χ4n) is 2.37. The summed E-state index contributed by atoms with van der Waals surface area (Å²) >= 11 is 0. The van der Waals surface area contributed by atoms with Crippen molar-refractivity contribution < 1.29 is 4.39 Å². The quantitative estimate of drug-likeness (QED) is 0.689. The minimum absolute atomic E-state index is 0.0917. The van der Waals surface area contributed by atoms with Crippen molar-refractivity contribution in [2.75, 3.05) is 13.6 Å². The number of halogens is 1. The summed E-state index contributed by atoms with van der Waals surface area (Å²) in [5, 5.41) is 3.11. The monoisotopic (exact) mass is 280 g/mol. The van der Waals surface area contributed by atoms with E-state index in [4.69, 9.17) is 0 Å². The van der Waals surface area contributed by atoms with Crippen molar-refractivity contribution in [3.63, 3.8) is 0 Å². The summed E-state index contributed by atoms with van der Waals surface area (Å²) in [7, 11) is 1.91. The molecule has 0 aromatic heterocycles. The van der Waals surface area contributed by atoms with Crippen LogP contribution >= 0.6 is 0 Å². The number of hydrogen-bond donors (Lipinski definition) is 1. The van der Waals surface area contributed by atoms with Crippen LogP contribution in [0.15, 0.2) is 18.2 Å². The zero-order valence-electron chi connectivity index (χ0n) is 13.4. The van der Waals surface area contributed by atoms with Gasteiger partial charge in [-0.1, -0.05) is 31.9 Å². The van der Waals surface area contributed by atoms with Gasteiger partial charge in [0, 0.05) is 24.7 Å². The van der Waals surface area contributed by atoms with Gasteiger partial charge in [0.25, 0.3) is 0 Å². The Morgan fingerprint density at radius 1 is 1.25 bits per heavy atom. The second-order valence-electron chi connectivity index (χ2n) is 5.73. The molecule has 0 amide bonds. The lowest BCUT2D eigenvalue weighted by Gasteiger charge is -2.27. The van der Waals surface area contributed by atoms with Crippen LogP contribution in [0.2, 0.25) is 0 Å². The molecule has 0 fully saturated rings. The molecule has 0 radical (unpaired) electrons. The predicted octanol–water partition coefficient (Wildman–Crippen LogP) is 3.95. The molecule has 0 unspecified atom stereocenters. The standard InChI is InChI=1S/C17H29FN2/c1-5-6-7-10-20(14(2)3)13-16-11-15(12-19-4)8-9-17(16)18/h8-9,11,14,19H,5-7,10,12-13H2,1-4H3. The van der Waals surface area contributed by atoms with Gasteiger partial charge in [-0.25, -0.2) is 4.39 Å². The molecule has 0 saturated heterocycles. The highest BCUT2D eigenvalue weighted by molar-refractivity contribution is 5.25. The number of rotatable bonds is 9. The summed E-state index contributed by atoms with van der Waals surface area (Å²) in [5.41, 5.74) is 1.95. The Morgan fingerprint density at radius 3 is 2.60 bits per heavy atom. The van der Waals surface area contributed by atoms with Crippen LogP contribution in [-0.4, -0.2) is 24.5 Å². The van der Waals surface area contributed by atoms with Crippen LogP contribution in [-0.2, 0) is 13.1 Å². The third-order valence-corrected chi connectivity index (χ3v) is 3.64. The topological polar surface area (TPSA) is 15.3 Å². The molecule has 1 aromatic rings. The van der Waals surface area contributed by atoms with Gasteiger partial charge in [0.1, 0.15) is 5.82 Å². The van der Waals surface area contributed by atoms with Crippen LogP contribution in [0.4, 0.5) is 4.39 Å². The molecule has 0 heterocycles. The highest BCUT2D eigenvalue weighted by Crippen LogP contribution is 2.15.